The van der Waals surface area contributed by atoms with E-state index >= 15 is 0 Å². The van der Waals surface area contributed by atoms with E-state index in [9.17, 15) is 5.11 Å². The molecular formula is C18H24N2O. The Kier molecular flexibility index (Phi) is 5.78. The monoisotopic (exact) mass is 284 g/mol. The van der Waals surface area contributed by atoms with Crippen LogP contribution in [0.3, 0.4) is 0 Å². The number of anilines is 1. The maximum atomic E-state index is 9.54. The highest BCUT2D eigenvalue weighted by molar-refractivity contribution is 5.46. The molecule has 2 aromatic rings. The highest BCUT2D eigenvalue weighted by Gasteiger charge is 2.08. The molecule has 21 heavy (non-hydrogen) atoms. The van der Waals surface area contributed by atoms with Crippen LogP contribution >= 0.6 is 0 Å². The summed E-state index contributed by atoms with van der Waals surface area (Å²) in [6.07, 6.45) is 0.830. The molecule has 0 saturated heterocycles. The first kappa shape index (κ1) is 15.5. The summed E-state index contributed by atoms with van der Waals surface area (Å²) < 4.78 is 0. The lowest BCUT2D eigenvalue weighted by Gasteiger charge is -2.17. The Balaban J connectivity index is 1.89. The smallest absolute Gasteiger partial charge is 0.0587 e. The summed E-state index contributed by atoms with van der Waals surface area (Å²) >= 11 is 0. The Morgan fingerprint density at radius 3 is 2.19 bits per heavy atom. The van der Waals surface area contributed by atoms with Gasteiger partial charge in [-0.15, -0.1) is 0 Å². The lowest BCUT2D eigenvalue weighted by Crippen LogP contribution is -2.34. The average molecular weight is 284 g/mol. The third-order valence-corrected chi connectivity index (χ3v) is 3.59. The lowest BCUT2D eigenvalue weighted by atomic mass is 10.1. The van der Waals surface area contributed by atoms with Gasteiger partial charge in [0.2, 0.25) is 0 Å². The zero-order valence-corrected chi connectivity index (χ0v) is 12.8. The molecule has 2 N–H and O–H groups in total. The van der Waals surface area contributed by atoms with Gasteiger partial charge in [0, 0.05) is 32.4 Å². The second-order valence-electron chi connectivity index (χ2n) is 5.51. The minimum absolute atomic E-state index is 0.0791. The first-order chi connectivity index (χ1) is 10.2. The van der Waals surface area contributed by atoms with E-state index in [0.717, 1.165) is 13.0 Å². The molecule has 0 aromatic heterocycles. The van der Waals surface area contributed by atoms with Gasteiger partial charge < -0.3 is 15.3 Å². The van der Waals surface area contributed by atoms with E-state index in [4.69, 9.17) is 0 Å². The molecule has 0 amide bonds. The van der Waals surface area contributed by atoms with E-state index in [1.807, 2.05) is 32.3 Å². The van der Waals surface area contributed by atoms with Crippen molar-refractivity contribution < 1.29 is 5.11 Å². The topological polar surface area (TPSA) is 35.5 Å². The summed E-state index contributed by atoms with van der Waals surface area (Å²) in [6.45, 7) is 0.921. The van der Waals surface area contributed by atoms with E-state index in [1.54, 1.807) is 0 Å². The van der Waals surface area contributed by atoms with Gasteiger partial charge in [-0.1, -0.05) is 42.5 Å². The largest absolute Gasteiger partial charge is 0.395 e. The standard InChI is InChI=1S/C18H24N2O/c1-20(2)18-10-8-15(9-11-18)12-17(14-21)19-13-16-6-4-3-5-7-16/h3-11,17,19,21H,12-14H2,1-2H3. The SMILES string of the molecule is CN(C)c1ccc(CC(CO)NCc2ccccc2)cc1. The Hall–Kier alpha value is -1.84. The van der Waals surface area contributed by atoms with Crippen LogP contribution in [-0.4, -0.2) is 31.9 Å². The van der Waals surface area contributed by atoms with E-state index in [2.05, 4.69) is 46.6 Å². The van der Waals surface area contributed by atoms with Gasteiger partial charge in [-0.25, -0.2) is 0 Å². The second-order valence-corrected chi connectivity index (χ2v) is 5.51. The van der Waals surface area contributed by atoms with Crippen LogP contribution in [-0.2, 0) is 13.0 Å². The normalized spacial score (nSPS) is 12.1. The Morgan fingerprint density at radius 2 is 1.62 bits per heavy atom. The Bertz CT molecular complexity index is 523. The lowest BCUT2D eigenvalue weighted by molar-refractivity contribution is 0.241. The summed E-state index contributed by atoms with van der Waals surface area (Å²) in [5, 5.41) is 12.9. The molecule has 1 atom stereocenters. The van der Waals surface area contributed by atoms with E-state index in [0.29, 0.717) is 0 Å². The highest BCUT2D eigenvalue weighted by atomic mass is 16.3. The van der Waals surface area contributed by atoms with Crippen LogP contribution in [0.2, 0.25) is 0 Å². The molecule has 2 aromatic carbocycles. The van der Waals surface area contributed by atoms with Crippen molar-refractivity contribution in [3.05, 3.63) is 65.7 Å². The molecule has 0 aliphatic carbocycles. The predicted octanol–water partition coefficient (Wildman–Crippen LogP) is 2.45. The van der Waals surface area contributed by atoms with E-state index in [-0.39, 0.29) is 12.6 Å². The van der Waals surface area contributed by atoms with Crippen LogP contribution in [0.1, 0.15) is 11.1 Å². The third-order valence-electron chi connectivity index (χ3n) is 3.59. The molecule has 0 aliphatic rings. The second kappa shape index (κ2) is 7.81. The molecule has 0 heterocycles. The van der Waals surface area contributed by atoms with Crippen molar-refractivity contribution in [1.82, 2.24) is 5.32 Å². The fourth-order valence-corrected chi connectivity index (χ4v) is 2.27. The van der Waals surface area contributed by atoms with Gasteiger partial charge in [-0.2, -0.15) is 0 Å². The van der Waals surface area contributed by atoms with E-state index < -0.39 is 0 Å². The van der Waals surface area contributed by atoms with Crippen LogP contribution in [0.15, 0.2) is 54.6 Å². The maximum Gasteiger partial charge on any atom is 0.0587 e. The van der Waals surface area contributed by atoms with Crippen molar-refractivity contribution in [3.63, 3.8) is 0 Å². The Morgan fingerprint density at radius 1 is 0.952 bits per heavy atom. The fourth-order valence-electron chi connectivity index (χ4n) is 2.27. The first-order valence-corrected chi connectivity index (χ1v) is 7.33. The van der Waals surface area contributed by atoms with E-state index in [1.165, 1.54) is 16.8 Å². The number of hydrogen-bond donors (Lipinski definition) is 2. The van der Waals surface area contributed by atoms with Crippen molar-refractivity contribution in [3.8, 4) is 0 Å². The predicted molar refractivity (Wildman–Crippen MR) is 88.6 cm³/mol. The van der Waals surface area contributed by atoms with Crippen molar-refractivity contribution in [2.75, 3.05) is 25.6 Å². The molecule has 0 spiro atoms. The van der Waals surface area contributed by atoms with Crippen LogP contribution in [0.25, 0.3) is 0 Å². The summed E-state index contributed by atoms with van der Waals surface area (Å²) in [7, 11) is 4.07. The van der Waals surface area contributed by atoms with Gasteiger partial charge in [0.15, 0.2) is 0 Å². The molecule has 0 aliphatic heterocycles. The first-order valence-electron chi connectivity index (χ1n) is 7.33. The molecule has 3 nitrogen and oxygen atoms in total. The molecule has 112 valence electrons. The highest BCUT2D eigenvalue weighted by Crippen LogP contribution is 2.13. The average Bonchev–Trinajstić information content (AvgIpc) is 2.53. The molecule has 0 saturated carbocycles. The maximum absolute atomic E-state index is 9.54. The molecular weight excluding hydrogens is 260 g/mol. The number of hydrogen-bond acceptors (Lipinski definition) is 3. The zero-order valence-electron chi connectivity index (χ0n) is 12.8. The summed E-state index contributed by atoms with van der Waals surface area (Å²) in [5.41, 5.74) is 3.66. The number of nitrogens with one attached hydrogen (secondary N) is 1. The zero-order chi connectivity index (χ0) is 15.1. The summed E-state index contributed by atoms with van der Waals surface area (Å²) in [4.78, 5) is 2.08. The number of nitrogens with zero attached hydrogens (tertiary/aromatic N) is 1. The van der Waals surface area contributed by atoms with Crippen molar-refractivity contribution >= 4 is 5.69 Å². The minimum Gasteiger partial charge on any atom is -0.395 e. The van der Waals surface area contributed by atoms with Gasteiger partial charge in [-0.3, -0.25) is 0 Å². The summed E-state index contributed by atoms with van der Waals surface area (Å²) in [6, 6.07) is 18.8. The van der Waals surface area contributed by atoms with Crippen molar-refractivity contribution in [2.45, 2.75) is 19.0 Å². The van der Waals surface area contributed by atoms with Crippen LogP contribution in [0.4, 0.5) is 5.69 Å². The molecule has 0 radical (unpaired) electrons. The number of benzene rings is 2. The van der Waals surface area contributed by atoms with Crippen LogP contribution in [0.5, 0.6) is 0 Å². The third kappa shape index (κ3) is 4.88. The van der Waals surface area contributed by atoms with Gasteiger partial charge in [-0.05, 0) is 29.7 Å². The van der Waals surface area contributed by atoms with Gasteiger partial charge in [0.1, 0.15) is 0 Å². The number of rotatable bonds is 7. The van der Waals surface area contributed by atoms with Gasteiger partial charge in [0.25, 0.3) is 0 Å². The van der Waals surface area contributed by atoms with Crippen LogP contribution in [0, 0.1) is 0 Å². The summed E-state index contributed by atoms with van der Waals surface area (Å²) in [5.74, 6) is 0. The van der Waals surface area contributed by atoms with Crippen molar-refractivity contribution in [1.29, 1.82) is 0 Å². The molecule has 2 rings (SSSR count). The fraction of sp³-hybridized carbons (Fsp3) is 0.333. The Labute approximate surface area is 127 Å². The quantitative estimate of drug-likeness (QED) is 0.820. The minimum atomic E-state index is 0.0791. The number of aliphatic hydroxyl groups excluding tert-OH is 1. The van der Waals surface area contributed by atoms with Crippen LogP contribution < -0.4 is 10.2 Å². The number of aliphatic hydroxyl groups is 1. The molecule has 0 fully saturated rings. The molecule has 0 bridgehead atoms. The molecule has 3 heteroatoms. The molecule has 1 unspecified atom stereocenters. The van der Waals surface area contributed by atoms with Gasteiger partial charge in [0.05, 0.1) is 6.61 Å². The van der Waals surface area contributed by atoms with Crippen molar-refractivity contribution in [2.24, 2.45) is 0 Å². The van der Waals surface area contributed by atoms with Gasteiger partial charge >= 0.3 is 0 Å².